The predicted molar refractivity (Wildman–Crippen MR) is 160 cm³/mol. The Hall–Kier alpha value is -3.15. The molecule has 38 heavy (non-hydrogen) atoms. The average molecular weight is 711 g/mol. The summed E-state index contributed by atoms with van der Waals surface area (Å²) in [6.07, 6.45) is 6.76. The third-order valence-electron chi connectivity index (χ3n) is 5.08. The van der Waals surface area contributed by atoms with E-state index in [-0.39, 0.29) is 19.8 Å². The number of allylic oxidation sites excluding steroid dienone is 1. The highest BCUT2D eigenvalue weighted by molar-refractivity contribution is 14.1. The maximum atomic E-state index is 12.7. The number of hydrogen-bond donors (Lipinski definition) is 3. The number of esters is 1. The molecule has 3 rings (SSSR count). The number of benzene rings is 2. The number of ether oxygens (including phenoxy) is 3. The largest absolute Gasteiger partial charge is 0.483 e. The number of carbonyl (C=O) groups excluding carboxylic acids is 2. The second-order valence-electron chi connectivity index (χ2n) is 7.72. The number of terminal acetylenes is 1. The standard InChI is InChI=1S/C26H24BrIN4O5S/c1-4-10-36-24-18(27)11-16(12-19(24)28)13-29-32-21(33)14-37-20-9-7-6-8-17(20)23-22(25(34)35-5-2)15(3)30-26(38)31-23/h1,6-9,11-13,23H,5,10,14H2,2-3H3,(H,32,33)(H2,30,31,38)/t23-/m0/s1. The molecule has 0 unspecified atom stereocenters. The first kappa shape index (κ1) is 29.4. The summed E-state index contributed by atoms with van der Waals surface area (Å²) in [6, 6.07) is 10.1. The molecule has 3 N–H and O–H groups in total. The van der Waals surface area contributed by atoms with Crippen molar-refractivity contribution in [2.45, 2.75) is 19.9 Å². The highest BCUT2D eigenvalue weighted by Gasteiger charge is 2.32. The highest BCUT2D eigenvalue weighted by Crippen LogP contribution is 2.34. The molecule has 0 saturated heterocycles. The summed E-state index contributed by atoms with van der Waals surface area (Å²) in [4.78, 5) is 25.1. The highest BCUT2D eigenvalue weighted by atomic mass is 127. The number of para-hydroxylation sites is 1. The Morgan fingerprint density at radius 2 is 2.08 bits per heavy atom. The van der Waals surface area contributed by atoms with Gasteiger partial charge in [-0.3, -0.25) is 4.79 Å². The number of hydrazone groups is 1. The molecule has 0 bridgehead atoms. The molecule has 9 nitrogen and oxygen atoms in total. The van der Waals surface area contributed by atoms with Crippen molar-refractivity contribution < 1.29 is 23.8 Å². The number of thiocarbonyl (C=S) groups is 1. The number of nitrogens with one attached hydrogen (secondary N) is 3. The van der Waals surface area contributed by atoms with Crippen LogP contribution >= 0.6 is 50.7 Å². The van der Waals surface area contributed by atoms with Crippen LogP contribution in [-0.4, -0.2) is 43.0 Å². The SMILES string of the molecule is C#CCOc1c(Br)cc(C=NNC(=O)COc2ccccc2[C@@H]2NC(=S)NC(C)=C2C(=O)OCC)cc1I. The van der Waals surface area contributed by atoms with E-state index in [9.17, 15) is 9.59 Å². The van der Waals surface area contributed by atoms with Crippen molar-refractivity contribution in [2.75, 3.05) is 19.8 Å². The first-order valence-corrected chi connectivity index (χ1v) is 13.6. The maximum Gasteiger partial charge on any atom is 0.338 e. The van der Waals surface area contributed by atoms with Crippen molar-refractivity contribution in [1.82, 2.24) is 16.1 Å². The van der Waals surface area contributed by atoms with E-state index in [1.54, 1.807) is 44.2 Å². The zero-order valence-corrected chi connectivity index (χ0v) is 25.0. The number of halogens is 2. The molecule has 0 aromatic heterocycles. The Bertz CT molecular complexity index is 1320. The first-order valence-electron chi connectivity index (χ1n) is 11.3. The molecule has 0 spiro atoms. The lowest BCUT2D eigenvalue weighted by molar-refractivity contribution is -0.139. The van der Waals surface area contributed by atoms with Gasteiger partial charge in [-0.2, -0.15) is 5.10 Å². The van der Waals surface area contributed by atoms with E-state index in [2.05, 4.69) is 65.6 Å². The number of carbonyl (C=O) groups is 2. The lowest BCUT2D eigenvalue weighted by Gasteiger charge is -2.30. The van der Waals surface area contributed by atoms with Gasteiger partial charge in [0.2, 0.25) is 0 Å². The summed E-state index contributed by atoms with van der Waals surface area (Å²) < 4.78 is 18.1. The van der Waals surface area contributed by atoms with Gasteiger partial charge in [-0.05, 0) is 88.3 Å². The van der Waals surface area contributed by atoms with Gasteiger partial charge in [-0.25, -0.2) is 10.2 Å². The molecule has 1 aliphatic rings. The van der Waals surface area contributed by atoms with E-state index in [4.69, 9.17) is 32.9 Å². The molecule has 0 aliphatic carbocycles. The number of hydrogen-bond acceptors (Lipinski definition) is 7. The molecular weight excluding hydrogens is 687 g/mol. The molecular formula is C26H24BrIN4O5S. The number of amides is 1. The molecule has 12 heteroatoms. The van der Waals surface area contributed by atoms with Crippen molar-refractivity contribution in [1.29, 1.82) is 0 Å². The maximum absolute atomic E-state index is 12.7. The van der Waals surface area contributed by atoms with Crippen LogP contribution in [0.1, 0.15) is 31.0 Å². The summed E-state index contributed by atoms with van der Waals surface area (Å²) in [6.45, 7) is 3.56. The van der Waals surface area contributed by atoms with Gasteiger partial charge in [-0.1, -0.05) is 24.1 Å². The van der Waals surface area contributed by atoms with Crippen LogP contribution in [0.2, 0.25) is 0 Å². The molecule has 1 aliphatic heterocycles. The average Bonchev–Trinajstić information content (AvgIpc) is 2.87. The first-order chi connectivity index (χ1) is 18.2. The van der Waals surface area contributed by atoms with Crippen molar-refractivity contribution in [2.24, 2.45) is 5.10 Å². The summed E-state index contributed by atoms with van der Waals surface area (Å²) in [5.74, 6) is 2.53. The molecule has 0 fully saturated rings. The normalized spacial score (nSPS) is 14.8. The molecule has 1 heterocycles. The van der Waals surface area contributed by atoms with Crippen LogP contribution in [-0.2, 0) is 14.3 Å². The van der Waals surface area contributed by atoms with Crippen LogP contribution in [0.25, 0.3) is 0 Å². The van der Waals surface area contributed by atoms with Gasteiger partial charge in [0, 0.05) is 11.3 Å². The third-order valence-corrected chi connectivity index (χ3v) is 6.69. The van der Waals surface area contributed by atoms with Crippen LogP contribution in [0.15, 0.2) is 57.2 Å². The smallest absolute Gasteiger partial charge is 0.338 e. The Morgan fingerprint density at radius 3 is 2.79 bits per heavy atom. The quantitative estimate of drug-likeness (QED) is 0.0850. The van der Waals surface area contributed by atoms with Crippen molar-refractivity contribution >= 4 is 73.9 Å². The minimum Gasteiger partial charge on any atom is -0.483 e. The molecule has 1 amide bonds. The minimum absolute atomic E-state index is 0.154. The molecule has 0 saturated carbocycles. The second-order valence-corrected chi connectivity index (χ2v) is 10.1. The lowest BCUT2D eigenvalue weighted by atomic mass is 9.95. The fraction of sp³-hybridized carbons (Fsp3) is 0.231. The van der Waals surface area contributed by atoms with Crippen molar-refractivity contribution in [3.05, 3.63) is 66.8 Å². The van der Waals surface area contributed by atoms with Gasteiger partial charge >= 0.3 is 5.97 Å². The van der Waals surface area contributed by atoms with E-state index < -0.39 is 17.9 Å². The Kier molecular flexibility index (Phi) is 10.9. The predicted octanol–water partition coefficient (Wildman–Crippen LogP) is 3.95. The summed E-state index contributed by atoms with van der Waals surface area (Å²) in [5.41, 5.74) is 4.77. The monoisotopic (exact) mass is 710 g/mol. The Labute approximate surface area is 248 Å². The van der Waals surface area contributed by atoms with Gasteiger partial charge in [-0.15, -0.1) is 6.42 Å². The van der Waals surface area contributed by atoms with Crippen LogP contribution in [0.5, 0.6) is 11.5 Å². The number of rotatable bonds is 10. The summed E-state index contributed by atoms with van der Waals surface area (Å²) in [7, 11) is 0. The second kappa shape index (κ2) is 14.1. The zero-order valence-electron chi connectivity index (χ0n) is 20.5. The van der Waals surface area contributed by atoms with E-state index in [1.807, 2.05) is 6.07 Å². The van der Waals surface area contributed by atoms with Crippen LogP contribution in [0.4, 0.5) is 0 Å². The summed E-state index contributed by atoms with van der Waals surface area (Å²) >= 11 is 10.9. The van der Waals surface area contributed by atoms with Gasteiger partial charge in [0.1, 0.15) is 18.1 Å². The Morgan fingerprint density at radius 1 is 1.32 bits per heavy atom. The van der Waals surface area contributed by atoms with E-state index in [0.717, 1.165) is 9.13 Å². The molecule has 0 radical (unpaired) electrons. The molecule has 2 aromatic carbocycles. The van der Waals surface area contributed by atoms with Crippen molar-refractivity contribution in [3.8, 4) is 23.8 Å². The van der Waals surface area contributed by atoms with Crippen molar-refractivity contribution in [3.63, 3.8) is 0 Å². The fourth-order valence-corrected chi connectivity index (χ4v) is 5.56. The zero-order chi connectivity index (χ0) is 27.7. The Balaban J connectivity index is 1.68. The topological polar surface area (TPSA) is 110 Å². The fourth-order valence-electron chi connectivity index (χ4n) is 3.52. The van der Waals surface area contributed by atoms with Gasteiger partial charge in [0.05, 0.1) is 32.5 Å². The van der Waals surface area contributed by atoms with Crippen LogP contribution in [0, 0.1) is 15.9 Å². The molecule has 2 aromatic rings. The van der Waals surface area contributed by atoms with Crippen LogP contribution < -0.4 is 25.5 Å². The molecule has 1 atom stereocenters. The molecule has 198 valence electrons. The van der Waals surface area contributed by atoms with E-state index >= 15 is 0 Å². The lowest BCUT2D eigenvalue weighted by Crippen LogP contribution is -2.45. The van der Waals surface area contributed by atoms with E-state index in [0.29, 0.717) is 37.9 Å². The summed E-state index contributed by atoms with van der Waals surface area (Å²) in [5, 5.41) is 10.4. The number of nitrogens with zero attached hydrogens (tertiary/aromatic N) is 1. The minimum atomic E-state index is -0.617. The van der Waals surface area contributed by atoms with Gasteiger partial charge in [0.15, 0.2) is 11.7 Å². The third kappa shape index (κ3) is 7.68. The van der Waals surface area contributed by atoms with Crippen LogP contribution in [0.3, 0.4) is 0 Å². The van der Waals surface area contributed by atoms with Gasteiger partial charge < -0.3 is 24.8 Å². The van der Waals surface area contributed by atoms with E-state index in [1.165, 1.54) is 6.21 Å². The van der Waals surface area contributed by atoms with Gasteiger partial charge in [0.25, 0.3) is 5.91 Å².